The molecule has 0 aromatic heterocycles. The molecule has 0 radical (unpaired) electrons. The van der Waals surface area contributed by atoms with Crippen LogP contribution in [0.15, 0.2) is 5.16 Å². The molecule has 0 atom stereocenters. The zero-order valence-corrected chi connectivity index (χ0v) is 4.07. The summed E-state index contributed by atoms with van der Waals surface area (Å²) in [6, 6.07) is 0. The molecule has 3 heteroatoms. The molecule has 0 fully saturated rings. The van der Waals surface area contributed by atoms with E-state index in [2.05, 4.69) is 9.99 Å². The van der Waals surface area contributed by atoms with E-state index in [4.69, 9.17) is 0 Å². The highest BCUT2D eigenvalue weighted by Gasteiger charge is 1.88. The maximum Gasteiger partial charge on any atom is 0.126 e. The monoisotopic (exact) mass is 103 g/mol. The van der Waals surface area contributed by atoms with Crippen LogP contribution in [0, 0.1) is 0 Å². The van der Waals surface area contributed by atoms with Crippen molar-refractivity contribution in [2.45, 2.75) is 0 Å². The van der Waals surface area contributed by atoms with E-state index in [1.165, 1.54) is 0 Å². The van der Waals surface area contributed by atoms with Crippen LogP contribution in [0.5, 0.6) is 0 Å². The number of nitrogens with zero attached hydrogens (tertiary/aromatic N) is 1. The summed E-state index contributed by atoms with van der Waals surface area (Å²) in [4.78, 5) is 4.62. The Morgan fingerprint density at radius 3 is 3.00 bits per heavy atom. The third-order valence-corrected chi connectivity index (χ3v) is 1.12. The van der Waals surface area contributed by atoms with Gasteiger partial charge in [0.1, 0.15) is 6.61 Å². The fourth-order valence-electron chi connectivity index (χ4n) is 0.252. The van der Waals surface area contributed by atoms with Gasteiger partial charge in [-0.3, -0.25) is 0 Å². The molecule has 1 heterocycles. The molecule has 0 unspecified atom stereocenters. The van der Waals surface area contributed by atoms with Crippen molar-refractivity contribution in [3.8, 4) is 0 Å². The lowest BCUT2D eigenvalue weighted by Gasteiger charge is -1.99. The van der Waals surface area contributed by atoms with Gasteiger partial charge in [0.25, 0.3) is 0 Å². The molecule has 6 heavy (non-hydrogen) atoms. The average Bonchev–Trinajstić information content (AvgIpc) is 1.72. The maximum atomic E-state index is 4.62. The number of thioether (sulfide) groups is 1. The van der Waals surface area contributed by atoms with Crippen LogP contribution in [-0.4, -0.2) is 17.9 Å². The number of hydrogen-bond donors (Lipinski definition) is 0. The zero-order valence-electron chi connectivity index (χ0n) is 3.26. The van der Waals surface area contributed by atoms with Crippen molar-refractivity contribution in [1.82, 2.24) is 0 Å². The lowest BCUT2D eigenvalue weighted by molar-refractivity contribution is 0.161. The molecule has 1 aliphatic rings. The van der Waals surface area contributed by atoms with Crippen molar-refractivity contribution in [2.24, 2.45) is 5.16 Å². The Balaban J connectivity index is 2.26. The molecule has 0 aliphatic carbocycles. The Kier molecular flexibility index (Phi) is 1.38. The second-order valence-corrected chi connectivity index (χ2v) is 1.87. The summed E-state index contributed by atoms with van der Waals surface area (Å²) in [6.07, 6.45) is 0. The van der Waals surface area contributed by atoms with Crippen LogP contribution in [0.1, 0.15) is 0 Å². The largest absolute Gasteiger partial charge is 0.395 e. The summed E-state index contributed by atoms with van der Waals surface area (Å²) in [5.41, 5.74) is 1.71. The van der Waals surface area contributed by atoms with Crippen molar-refractivity contribution in [2.75, 3.05) is 12.4 Å². The lowest BCUT2D eigenvalue weighted by Crippen LogP contribution is -1.95. The van der Waals surface area contributed by atoms with E-state index in [-0.39, 0.29) is 0 Å². The maximum absolute atomic E-state index is 4.62. The van der Waals surface area contributed by atoms with Gasteiger partial charge in [0, 0.05) is 5.75 Å². The van der Waals surface area contributed by atoms with Gasteiger partial charge in [-0.15, -0.1) is 11.8 Å². The molecule has 0 saturated carbocycles. The zero-order chi connectivity index (χ0) is 4.24. The average molecular weight is 103 g/mol. The van der Waals surface area contributed by atoms with E-state index in [0.29, 0.717) is 0 Å². The van der Waals surface area contributed by atoms with Crippen LogP contribution in [0.4, 0.5) is 0 Å². The molecule has 2 nitrogen and oxygen atoms in total. The molecule has 1 rings (SSSR count). The van der Waals surface area contributed by atoms with Crippen molar-refractivity contribution in [1.29, 1.82) is 0 Å². The van der Waals surface area contributed by atoms with Crippen LogP contribution in [0.25, 0.3) is 0 Å². The van der Waals surface area contributed by atoms with E-state index in [1.54, 1.807) is 17.3 Å². The van der Waals surface area contributed by atoms with Gasteiger partial charge in [0.2, 0.25) is 0 Å². The van der Waals surface area contributed by atoms with Crippen LogP contribution in [0.2, 0.25) is 0 Å². The van der Waals surface area contributed by atoms with Gasteiger partial charge in [0.15, 0.2) is 0 Å². The molecule has 0 spiro atoms. The first kappa shape index (κ1) is 3.99. The minimum Gasteiger partial charge on any atom is -0.395 e. The second-order valence-electron chi connectivity index (χ2n) is 0.915. The molecular weight excluding hydrogens is 98.1 g/mol. The molecular formula is C3H5NOS. The first-order valence-corrected chi connectivity index (χ1v) is 2.80. The summed E-state index contributed by atoms with van der Waals surface area (Å²) in [7, 11) is 0. The van der Waals surface area contributed by atoms with Gasteiger partial charge in [-0.05, 0) is 0 Å². The first-order chi connectivity index (χ1) is 3.00. The number of hydrogen-bond acceptors (Lipinski definition) is 3. The quantitative estimate of drug-likeness (QED) is 0.450. The Morgan fingerprint density at radius 2 is 2.83 bits per heavy atom. The van der Waals surface area contributed by atoms with Crippen LogP contribution in [-0.2, 0) is 4.84 Å². The third kappa shape index (κ3) is 0.897. The van der Waals surface area contributed by atoms with E-state index >= 15 is 0 Å². The van der Waals surface area contributed by atoms with Crippen LogP contribution in [0.3, 0.4) is 0 Å². The van der Waals surface area contributed by atoms with Crippen molar-refractivity contribution < 1.29 is 4.84 Å². The highest BCUT2D eigenvalue weighted by atomic mass is 32.2. The molecule has 0 aromatic carbocycles. The summed E-state index contributed by atoms with van der Waals surface area (Å²) in [5, 5.41) is 3.52. The van der Waals surface area contributed by atoms with Gasteiger partial charge in [-0.1, -0.05) is 5.16 Å². The first-order valence-electron chi connectivity index (χ1n) is 1.75. The molecule has 0 amide bonds. The van der Waals surface area contributed by atoms with Gasteiger partial charge >= 0.3 is 0 Å². The topological polar surface area (TPSA) is 21.6 Å². The van der Waals surface area contributed by atoms with E-state index in [1.807, 2.05) is 0 Å². The molecule has 0 saturated heterocycles. The smallest absolute Gasteiger partial charge is 0.126 e. The van der Waals surface area contributed by atoms with E-state index in [9.17, 15) is 0 Å². The minimum absolute atomic E-state index is 0.765. The van der Waals surface area contributed by atoms with Gasteiger partial charge < -0.3 is 4.84 Å². The Labute approximate surface area is 40.5 Å². The molecule has 1 aliphatic heterocycles. The predicted molar refractivity (Wildman–Crippen MR) is 26.9 cm³/mol. The fraction of sp³-hybridized carbons (Fsp3) is 0.667. The second kappa shape index (κ2) is 2.08. The van der Waals surface area contributed by atoms with Crippen molar-refractivity contribution >= 4 is 17.3 Å². The molecule has 34 valence electrons. The van der Waals surface area contributed by atoms with Gasteiger partial charge in [0.05, 0.1) is 5.55 Å². The minimum atomic E-state index is 0.765. The highest BCUT2D eigenvalue weighted by Crippen LogP contribution is 1.99. The highest BCUT2D eigenvalue weighted by molar-refractivity contribution is 8.12. The predicted octanol–water partition coefficient (Wildman–Crippen LogP) is 0.693. The fourth-order valence-corrected chi connectivity index (χ4v) is 0.650. The summed E-state index contributed by atoms with van der Waals surface area (Å²) in [5.74, 6) is 1.05. The number of oxime groups is 1. The lowest BCUT2D eigenvalue weighted by atomic mass is 10.9. The van der Waals surface area contributed by atoms with Crippen molar-refractivity contribution in [3.05, 3.63) is 0 Å². The van der Waals surface area contributed by atoms with Gasteiger partial charge in [-0.25, -0.2) is 0 Å². The van der Waals surface area contributed by atoms with Crippen LogP contribution >= 0.6 is 11.8 Å². The third-order valence-electron chi connectivity index (χ3n) is 0.485. The molecule has 0 N–H and O–H groups in total. The van der Waals surface area contributed by atoms with E-state index in [0.717, 1.165) is 12.4 Å². The van der Waals surface area contributed by atoms with Crippen LogP contribution < -0.4 is 0 Å². The van der Waals surface area contributed by atoms with Gasteiger partial charge in [-0.2, -0.15) is 0 Å². The molecule has 0 aromatic rings. The Hall–Kier alpha value is -0.180. The SMILES string of the molecule is C1=NOCCS1. The Bertz CT molecular complexity index is 55.8. The molecule has 0 bridgehead atoms. The van der Waals surface area contributed by atoms with Crippen molar-refractivity contribution in [3.63, 3.8) is 0 Å². The summed E-state index contributed by atoms with van der Waals surface area (Å²) >= 11 is 1.68. The van der Waals surface area contributed by atoms with E-state index < -0.39 is 0 Å². The normalized spacial score (nSPS) is 20.0. The summed E-state index contributed by atoms with van der Waals surface area (Å²) < 4.78 is 0. The Morgan fingerprint density at radius 1 is 1.83 bits per heavy atom. The standard InChI is InChI=1S/C3H5NOS/c1-2-6-3-4-5-1/h3H,1-2H2. The number of rotatable bonds is 0. The summed E-state index contributed by atoms with van der Waals surface area (Å²) in [6.45, 7) is 0.765.